The highest BCUT2D eigenvalue weighted by molar-refractivity contribution is 6.30. The average Bonchev–Trinajstić information content (AvgIpc) is 2.40. The zero-order chi connectivity index (χ0) is 15.6. The molecule has 0 saturated carbocycles. The lowest BCUT2D eigenvalue weighted by atomic mass is 9.93. The Morgan fingerprint density at radius 1 is 1.10 bits per heavy atom. The summed E-state index contributed by atoms with van der Waals surface area (Å²) in [6, 6.07) is 10.9. The maximum Gasteiger partial charge on any atom is 0.416 e. The van der Waals surface area contributed by atoms with E-state index >= 15 is 0 Å². The summed E-state index contributed by atoms with van der Waals surface area (Å²) in [5, 5.41) is 3.72. The highest BCUT2D eigenvalue weighted by atomic mass is 35.5. The molecule has 0 aromatic heterocycles. The number of hydrogen-bond acceptors (Lipinski definition) is 1. The fourth-order valence-corrected chi connectivity index (χ4v) is 2.56. The van der Waals surface area contributed by atoms with Gasteiger partial charge in [0.25, 0.3) is 0 Å². The highest BCUT2D eigenvalue weighted by Gasteiger charge is 2.31. The molecular formula is C16H15ClF3N. The summed E-state index contributed by atoms with van der Waals surface area (Å²) in [5.41, 5.74) is 1.66. The first kappa shape index (κ1) is 15.9. The van der Waals surface area contributed by atoms with Crippen molar-refractivity contribution in [3.05, 3.63) is 69.7 Å². The summed E-state index contributed by atoms with van der Waals surface area (Å²) in [5.74, 6) is 0. The van der Waals surface area contributed by atoms with E-state index in [0.717, 1.165) is 17.2 Å². The van der Waals surface area contributed by atoms with Crippen LogP contribution < -0.4 is 5.32 Å². The standard InChI is InChI=1S/C16H15ClF3N/c1-10-8-12(16(18,19)20)6-7-14(10)15(21-2)11-4-3-5-13(17)9-11/h3-9,15,21H,1-2H3. The number of hydrogen-bond donors (Lipinski definition) is 1. The molecule has 0 aliphatic carbocycles. The van der Waals surface area contributed by atoms with Gasteiger partial charge in [-0.2, -0.15) is 13.2 Å². The molecule has 0 spiro atoms. The molecule has 2 aromatic rings. The molecule has 0 aliphatic rings. The van der Waals surface area contributed by atoms with Crippen molar-refractivity contribution in [1.82, 2.24) is 5.32 Å². The van der Waals surface area contributed by atoms with E-state index in [2.05, 4.69) is 5.32 Å². The smallest absolute Gasteiger partial charge is 0.309 e. The van der Waals surface area contributed by atoms with Crippen molar-refractivity contribution >= 4 is 11.6 Å². The molecule has 1 atom stereocenters. The fraction of sp³-hybridized carbons (Fsp3) is 0.250. The van der Waals surface area contributed by atoms with Gasteiger partial charge in [-0.25, -0.2) is 0 Å². The molecule has 0 amide bonds. The van der Waals surface area contributed by atoms with Gasteiger partial charge in [0.15, 0.2) is 0 Å². The Kier molecular flexibility index (Phi) is 4.59. The second kappa shape index (κ2) is 6.08. The van der Waals surface area contributed by atoms with E-state index in [1.54, 1.807) is 26.1 Å². The number of nitrogens with one attached hydrogen (secondary N) is 1. The Balaban J connectivity index is 2.44. The second-order valence-electron chi connectivity index (χ2n) is 4.85. The molecule has 2 aromatic carbocycles. The number of alkyl halides is 3. The van der Waals surface area contributed by atoms with E-state index in [0.29, 0.717) is 10.6 Å². The highest BCUT2D eigenvalue weighted by Crippen LogP contribution is 2.33. The molecule has 1 nitrogen and oxygen atoms in total. The van der Waals surface area contributed by atoms with E-state index in [9.17, 15) is 13.2 Å². The van der Waals surface area contributed by atoms with Crippen molar-refractivity contribution in [2.45, 2.75) is 19.1 Å². The molecule has 5 heteroatoms. The molecule has 0 saturated heterocycles. The molecule has 2 rings (SSSR count). The maximum atomic E-state index is 12.7. The van der Waals surface area contributed by atoms with Crippen molar-refractivity contribution in [2.24, 2.45) is 0 Å². The lowest BCUT2D eigenvalue weighted by Gasteiger charge is -2.20. The molecule has 112 valence electrons. The summed E-state index contributed by atoms with van der Waals surface area (Å²) in [6.07, 6.45) is -4.32. The topological polar surface area (TPSA) is 12.0 Å². The quantitative estimate of drug-likeness (QED) is 0.843. The zero-order valence-electron chi connectivity index (χ0n) is 11.6. The molecule has 0 heterocycles. The Morgan fingerprint density at radius 3 is 2.33 bits per heavy atom. The van der Waals surface area contributed by atoms with Crippen LogP contribution in [0.4, 0.5) is 13.2 Å². The molecule has 0 bridgehead atoms. The first-order chi connectivity index (χ1) is 9.82. The average molecular weight is 314 g/mol. The van der Waals surface area contributed by atoms with Crippen LogP contribution >= 0.6 is 11.6 Å². The van der Waals surface area contributed by atoms with Gasteiger partial charge in [-0.05, 0) is 54.9 Å². The first-order valence-corrected chi connectivity index (χ1v) is 6.81. The molecule has 0 fully saturated rings. The van der Waals surface area contributed by atoms with E-state index in [1.807, 2.05) is 12.1 Å². The molecule has 0 radical (unpaired) electrons. The normalized spacial score (nSPS) is 13.2. The van der Waals surface area contributed by atoms with Crippen LogP contribution in [0.1, 0.15) is 28.3 Å². The van der Waals surface area contributed by atoms with Crippen LogP contribution in [-0.2, 0) is 6.18 Å². The van der Waals surface area contributed by atoms with Crippen molar-refractivity contribution in [3.8, 4) is 0 Å². The van der Waals surface area contributed by atoms with Crippen molar-refractivity contribution < 1.29 is 13.2 Å². The van der Waals surface area contributed by atoms with Crippen LogP contribution in [0.3, 0.4) is 0 Å². The van der Waals surface area contributed by atoms with Crippen LogP contribution in [-0.4, -0.2) is 7.05 Å². The Bertz CT molecular complexity index is 638. The van der Waals surface area contributed by atoms with Gasteiger partial charge < -0.3 is 5.32 Å². The van der Waals surface area contributed by atoms with Crippen LogP contribution in [0.5, 0.6) is 0 Å². The predicted octanol–water partition coefficient (Wildman–Crippen LogP) is 4.98. The third kappa shape index (κ3) is 3.57. The van der Waals surface area contributed by atoms with Gasteiger partial charge in [0.2, 0.25) is 0 Å². The Morgan fingerprint density at radius 2 is 1.81 bits per heavy atom. The summed E-state index contributed by atoms with van der Waals surface area (Å²) < 4.78 is 38.2. The number of aryl methyl sites for hydroxylation is 1. The lowest BCUT2D eigenvalue weighted by molar-refractivity contribution is -0.137. The van der Waals surface area contributed by atoms with Crippen molar-refractivity contribution in [3.63, 3.8) is 0 Å². The van der Waals surface area contributed by atoms with Crippen LogP contribution in [0, 0.1) is 6.92 Å². The molecule has 1 N–H and O–H groups in total. The van der Waals surface area contributed by atoms with E-state index < -0.39 is 11.7 Å². The van der Waals surface area contributed by atoms with Gasteiger partial charge in [0.1, 0.15) is 0 Å². The maximum absolute atomic E-state index is 12.7. The number of benzene rings is 2. The minimum atomic E-state index is -4.32. The summed E-state index contributed by atoms with van der Waals surface area (Å²) in [4.78, 5) is 0. The molecule has 0 aliphatic heterocycles. The molecule has 21 heavy (non-hydrogen) atoms. The SMILES string of the molecule is CNC(c1cccc(Cl)c1)c1ccc(C(F)(F)F)cc1C. The molecule has 1 unspecified atom stereocenters. The van der Waals surface area contributed by atoms with E-state index in [1.165, 1.54) is 12.1 Å². The third-order valence-electron chi connectivity index (χ3n) is 3.38. The van der Waals surface area contributed by atoms with Gasteiger partial charge in [0.05, 0.1) is 11.6 Å². The second-order valence-corrected chi connectivity index (χ2v) is 5.28. The number of halogens is 4. The zero-order valence-corrected chi connectivity index (χ0v) is 12.4. The summed E-state index contributed by atoms with van der Waals surface area (Å²) in [6.45, 7) is 1.68. The Hall–Kier alpha value is -1.52. The van der Waals surface area contributed by atoms with Gasteiger partial charge in [-0.3, -0.25) is 0 Å². The minimum absolute atomic E-state index is 0.203. The van der Waals surface area contributed by atoms with E-state index in [-0.39, 0.29) is 6.04 Å². The summed E-state index contributed by atoms with van der Waals surface area (Å²) >= 11 is 5.98. The monoisotopic (exact) mass is 313 g/mol. The van der Waals surface area contributed by atoms with Crippen LogP contribution in [0.25, 0.3) is 0 Å². The largest absolute Gasteiger partial charge is 0.416 e. The minimum Gasteiger partial charge on any atom is -0.309 e. The fourth-order valence-electron chi connectivity index (χ4n) is 2.36. The first-order valence-electron chi connectivity index (χ1n) is 6.43. The Labute approximate surface area is 126 Å². The van der Waals surface area contributed by atoms with Crippen molar-refractivity contribution in [2.75, 3.05) is 7.05 Å². The molecular weight excluding hydrogens is 299 g/mol. The predicted molar refractivity (Wildman–Crippen MR) is 78.5 cm³/mol. The number of rotatable bonds is 3. The van der Waals surface area contributed by atoms with Gasteiger partial charge >= 0.3 is 6.18 Å². The van der Waals surface area contributed by atoms with Crippen molar-refractivity contribution in [1.29, 1.82) is 0 Å². The third-order valence-corrected chi connectivity index (χ3v) is 3.61. The lowest BCUT2D eigenvalue weighted by Crippen LogP contribution is -2.19. The van der Waals surface area contributed by atoms with Gasteiger partial charge in [0, 0.05) is 5.02 Å². The van der Waals surface area contributed by atoms with Gasteiger partial charge in [-0.1, -0.05) is 29.8 Å². The summed E-state index contributed by atoms with van der Waals surface area (Å²) in [7, 11) is 1.77. The van der Waals surface area contributed by atoms with Crippen LogP contribution in [0.15, 0.2) is 42.5 Å². The van der Waals surface area contributed by atoms with Crippen LogP contribution in [0.2, 0.25) is 5.02 Å². The van der Waals surface area contributed by atoms with Gasteiger partial charge in [-0.15, -0.1) is 0 Å². The van der Waals surface area contributed by atoms with E-state index in [4.69, 9.17) is 11.6 Å².